The van der Waals surface area contributed by atoms with Crippen LogP contribution in [0.1, 0.15) is 31.8 Å². The molecule has 0 atom stereocenters. The van der Waals surface area contributed by atoms with Gasteiger partial charge in [0, 0.05) is 5.56 Å². The number of hydrogen-bond acceptors (Lipinski definition) is 6. The van der Waals surface area contributed by atoms with E-state index < -0.39 is 22.9 Å². The zero-order valence-electron chi connectivity index (χ0n) is 12.7. The van der Waals surface area contributed by atoms with E-state index in [1.807, 2.05) is 0 Å². The van der Waals surface area contributed by atoms with Gasteiger partial charge >= 0.3 is 11.9 Å². The summed E-state index contributed by atoms with van der Waals surface area (Å²) < 4.78 is 5.55. The third-order valence-electron chi connectivity index (χ3n) is 3.88. The largest absolute Gasteiger partial charge is 0.478 e. The molecular formula is C16H12N2O6. The summed E-state index contributed by atoms with van der Waals surface area (Å²) in [4.78, 5) is 39.4. The van der Waals surface area contributed by atoms with Crippen molar-refractivity contribution in [2.24, 2.45) is 0 Å². The fraction of sp³-hybridized carbons (Fsp3) is 0.125. The van der Waals surface area contributed by atoms with Crippen LogP contribution in [0.15, 0.2) is 21.3 Å². The Morgan fingerprint density at radius 2 is 1.75 bits per heavy atom. The first-order valence-corrected chi connectivity index (χ1v) is 6.86. The summed E-state index contributed by atoms with van der Waals surface area (Å²) >= 11 is 0. The summed E-state index contributed by atoms with van der Waals surface area (Å²) in [7, 11) is 0. The van der Waals surface area contributed by atoms with Crippen LogP contribution in [0.25, 0.3) is 22.6 Å². The number of benzene rings is 2. The zero-order chi connectivity index (χ0) is 17.8. The molecule has 3 rings (SSSR count). The van der Waals surface area contributed by atoms with E-state index in [-0.39, 0.29) is 39.4 Å². The molecule has 0 fully saturated rings. The van der Waals surface area contributed by atoms with Gasteiger partial charge in [-0.1, -0.05) is 6.07 Å². The van der Waals surface area contributed by atoms with Gasteiger partial charge in [0.05, 0.1) is 5.69 Å². The van der Waals surface area contributed by atoms with Crippen molar-refractivity contribution in [3.05, 3.63) is 44.6 Å². The molecule has 122 valence electrons. The highest BCUT2D eigenvalue weighted by molar-refractivity contribution is 6.03. The Labute approximate surface area is 134 Å². The molecule has 0 amide bonds. The van der Waals surface area contributed by atoms with Crippen molar-refractivity contribution in [3.63, 3.8) is 0 Å². The summed E-state index contributed by atoms with van der Waals surface area (Å²) in [5.74, 6) is -3.06. The standard InChI is InChI=1S/C16H12N2O6/c1-5-3-4-7-13(8(5)15(20)21)24-14-9(16(22)23)12(19)10(17)6(2)11(14)18-7/h3-4H,17H2,1-2H3,(H,20,21)(H,22,23). The second-order valence-electron chi connectivity index (χ2n) is 5.35. The molecule has 0 saturated heterocycles. The molecular weight excluding hydrogens is 316 g/mol. The minimum absolute atomic E-state index is 0.0962. The van der Waals surface area contributed by atoms with E-state index in [4.69, 9.17) is 10.2 Å². The lowest BCUT2D eigenvalue weighted by molar-refractivity contribution is 0.0687. The van der Waals surface area contributed by atoms with Gasteiger partial charge in [0.25, 0.3) is 0 Å². The minimum atomic E-state index is -1.52. The fourth-order valence-electron chi connectivity index (χ4n) is 2.60. The number of fused-ring (bicyclic) bond motifs is 2. The lowest BCUT2D eigenvalue weighted by Crippen LogP contribution is -2.22. The molecule has 0 spiro atoms. The molecule has 2 aliphatic rings. The number of aromatic carboxylic acids is 2. The van der Waals surface area contributed by atoms with E-state index in [0.29, 0.717) is 5.56 Å². The molecule has 4 N–H and O–H groups in total. The fourth-order valence-corrected chi connectivity index (χ4v) is 2.60. The Kier molecular flexibility index (Phi) is 3.26. The van der Waals surface area contributed by atoms with Gasteiger partial charge in [-0.05, 0) is 25.5 Å². The van der Waals surface area contributed by atoms with Gasteiger partial charge in [0.1, 0.15) is 16.8 Å². The Bertz CT molecular complexity index is 1070. The van der Waals surface area contributed by atoms with E-state index in [1.165, 1.54) is 6.92 Å². The van der Waals surface area contributed by atoms with Crippen molar-refractivity contribution in [1.82, 2.24) is 4.98 Å². The first kappa shape index (κ1) is 15.5. The molecule has 0 bridgehead atoms. The molecule has 0 aromatic heterocycles. The molecule has 1 heterocycles. The highest BCUT2D eigenvalue weighted by Gasteiger charge is 2.28. The number of carboxylic acid groups (broad SMARTS) is 2. The maximum absolute atomic E-state index is 12.2. The van der Waals surface area contributed by atoms with E-state index >= 15 is 0 Å². The van der Waals surface area contributed by atoms with E-state index in [0.717, 1.165) is 0 Å². The number of carboxylic acids is 2. The van der Waals surface area contributed by atoms with Crippen molar-refractivity contribution in [3.8, 4) is 11.5 Å². The number of hydrogen-bond donors (Lipinski definition) is 3. The number of nitrogens with zero attached hydrogens (tertiary/aromatic N) is 1. The summed E-state index contributed by atoms with van der Waals surface area (Å²) in [6.45, 7) is 3.10. The van der Waals surface area contributed by atoms with Crippen LogP contribution < -0.4 is 11.2 Å². The molecule has 0 unspecified atom stereocenters. The van der Waals surface area contributed by atoms with E-state index in [2.05, 4.69) is 4.98 Å². The van der Waals surface area contributed by atoms with E-state index in [9.17, 15) is 24.6 Å². The molecule has 1 aromatic carbocycles. The van der Waals surface area contributed by atoms with Gasteiger partial charge in [-0.25, -0.2) is 14.6 Å². The molecule has 1 aliphatic heterocycles. The number of rotatable bonds is 2. The molecule has 0 radical (unpaired) electrons. The molecule has 8 nitrogen and oxygen atoms in total. The summed E-state index contributed by atoms with van der Waals surface area (Å²) in [6.07, 6.45) is 0. The molecule has 1 aliphatic carbocycles. The van der Waals surface area contributed by atoms with Crippen molar-refractivity contribution in [1.29, 1.82) is 0 Å². The third kappa shape index (κ3) is 2.00. The molecule has 0 saturated carbocycles. The Balaban J connectivity index is 2.63. The number of nitrogen functional groups attached to an aromatic ring is 1. The predicted molar refractivity (Wildman–Crippen MR) is 84.7 cm³/mol. The van der Waals surface area contributed by atoms with Gasteiger partial charge in [-0.2, -0.15) is 0 Å². The highest BCUT2D eigenvalue weighted by Crippen LogP contribution is 2.33. The van der Waals surface area contributed by atoms with Gasteiger partial charge in [-0.15, -0.1) is 0 Å². The molecule has 24 heavy (non-hydrogen) atoms. The van der Waals surface area contributed by atoms with Gasteiger partial charge in [0.2, 0.25) is 5.43 Å². The first-order valence-electron chi connectivity index (χ1n) is 6.86. The summed E-state index contributed by atoms with van der Waals surface area (Å²) in [6, 6.07) is 3.13. The molecule has 1 aromatic rings. The highest BCUT2D eigenvalue weighted by atomic mass is 16.4. The predicted octanol–water partition coefficient (Wildman–Crippen LogP) is 1.89. The second-order valence-corrected chi connectivity index (χ2v) is 5.35. The summed E-state index contributed by atoms with van der Waals surface area (Å²) in [5.41, 5.74) is 4.70. The third-order valence-corrected chi connectivity index (χ3v) is 3.88. The summed E-state index contributed by atoms with van der Waals surface area (Å²) in [5, 5.41) is 18.7. The van der Waals surface area contributed by atoms with E-state index in [1.54, 1.807) is 19.1 Å². The maximum atomic E-state index is 12.2. The van der Waals surface area contributed by atoms with Gasteiger partial charge in [0.15, 0.2) is 16.9 Å². The van der Waals surface area contributed by atoms with Crippen LogP contribution in [-0.2, 0) is 0 Å². The Hall–Kier alpha value is -3.42. The van der Waals surface area contributed by atoms with Crippen LogP contribution >= 0.6 is 0 Å². The monoisotopic (exact) mass is 328 g/mol. The van der Waals surface area contributed by atoms with Crippen molar-refractivity contribution < 1.29 is 24.2 Å². The average Bonchev–Trinajstić information content (AvgIpc) is 2.51. The number of aryl methyl sites for hydroxylation is 1. The first-order chi connectivity index (χ1) is 11.2. The maximum Gasteiger partial charge on any atom is 0.343 e. The van der Waals surface area contributed by atoms with Crippen LogP contribution in [0.5, 0.6) is 0 Å². The van der Waals surface area contributed by atoms with Crippen molar-refractivity contribution >= 4 is 28.7 Å². The minimum Gasteiger partial charge on any atom is -0.478 e. The number of nitrogens with two attached hydrogens (primary N) is 1. The quantitative estimate of drug-likeness (QED) is 0.478. The van der Waals surface area contributed by atoms with Crippen LogP contribution in [0.4, 0.5) is 5.69 Å². The van der Waals surface area contributed by atoms with Crippen LogP contribution in [0.3, 0.4) is 0 Å². The lowest BCUT2D eigenvalue weighted by Gasteiger charge is -2.14. The average molecular weight is 328 g/mol. The normalized spacial score (nSPS) is 11.1. The number of carbonyl (C=O) groups is 2. The smallest absolute Gasteiger partial charge is 0.343 e. The van der Waals surface area contributed by atoms with Crippen molar-refractivity contribution in [2.75, 3.05) is 5.73 Å². The van der Waals surface area contributed by atoms with Gasteiger partial charge < -0.3 is 20.4 Å². The number of anilines is 1. The van der Waals surface area contributed by atoms with Crippen LogP contribution in [0.2, 0.25) is 0 Å². The van der Waals surface area contributed by atoms with Crippen LogP contribution in [-0.4, -0.2) is 27.1 Å². The topological polar surface area (TPSA) is 144 Å². The van der Waals surface area contributed by atoms with Crippen molar-refractivity contribution in [2.45, 2.75) is 13.8 Å². The Morgan fingerprint density at radius 3 is 2.33 bits per heavy atom. The lowest BCUT2D eigenvalue weighted by atomic mass is 10.0. The van der Waals surface area contributed by atoms with Crippen LogP contribution in [0, 0.1) is 13.8 Å². The second kappa shape index (κ2) is 5.05. The Morgan fingerprint density at radius 1 is 1.12 bits per heavy atom. The van der Waals surface area contributed by atoms with Gasteiger partial charge in [-0.3, -0.25) is 4.79 Å². The number of aromatic nitrogens is 1. The SMILES string of the molecule is Cc1ccc2nc3c(C)c(N)c(=O)c(C(=O)O)c-3oc2c1C(=O)O. The zero-order valence-corrected chi connectivity index (χ0v) is 12.7. The molecule has 8 heteroatoms.